The van der Waals surface area contributed by atoms with Crippen LogP contribution >= 0.6 is 11.6 Å². The zero-order valence-electron chi connectivity index (χ0n) is 11.2. The van der Waals surface area contributed by atoms with E-state index >= 15 is 0 Å². The topological polar surface area (TPSA) is 27.1 Å². The second kappa shape index (κ2) is 6.35. The molecule has 5 heteroatoms. The molecular weight excluding hydrogens is 267 g/mol. The van der Waals surface area contributed by atoms with Crippen LogP contribution in [0.25, 0.3) is 11.0 Å². The molecule has 0 radical (unpaired) electrons. The number of hydrogen-bond acceptors (Lipinski definition) is 2. The molecule has 2 aromatic rings. The Morgan fingerprint density at radius 3 is 2.89 bits per heavy atom. The maximum atomic E-state index is 13.8. The van der Waals surface area contributed by atoms with Crippen LogP contribution in [0.15, 0.2) is 18.2 Å². The molecule has 1 unspecified atom stereocenters. The van der Waals surface area contributed by atoms with Gasteiger partial charge in [-0.3, -0.25) is 0 Å². The lowest BCUT2D eigenvalue weighted by Gasteiger charge is -2.19. The van der Waals surface area contributed by atoms with Gasteiger partial charge in [0, 0.05) is 19.4 Å². The molecule has 0 aliphatic heterocycles. The first-order chi connectivity index (χ1) is 9.22. The van der Waals surface area contributed by atoms with Crippen molar-refractivity contribution in [2.75, 3.05) is 19.6 Å². The van der Waals surface area contributed by atoms with E-state index in [1.165, 1.54) is 6.07 Å². The zero-order chi connectivity index (χ0) is 13.8. The number of hydrogen-bond donors (Lipinski definition) is 0. The van der Waals surface area contributed by atoms with Crippen molar-refractivity contribution < 1.29 is 9.13 Å². The van der Waals surface area contributed by atoms with Crippen molar-refractivity contribution in [3.63, 3.8) is 0 Å². The van der Waals surface area contributed by atoms with Gasteiger partial charge in [0.25, 0.3) is 0 Å². The zero-order valence-corrected chi connectivity index (χ0v) is 12.0. The summed E-state index contributed by atoms with van der Waals surface area (Å²) >= 11 is 5.82. The number of methoxy groups -OCH3 is 1. The number of rotatable bonds is 6. The number of benzene rings is 1. The molecule has 0 spiro atoms. The molecule has 1 atom stereocenters. The summed E-state index contributed by atoms with van der Waals surface area (Å²) in [6, 6.07) is 5.18. The van der Waals surface area contributed by atoms with Gasteiger partial charge >= 0.3 is 0 Å². The highest BCUT2D eigenvalue weighted by molar-refractivity contribution is 6.17. The van der Waals surface area contributed by atoms with Crippen LogP contribution in [0.2, 0.25) is 0 Å². The van der Waals surface area contributed by atoms with Crippen molar-refractivity contribution in [2.45, 2.75) is 25.8 Å². The summed E-state index contributed by atoms with van der Waals surface area (Å²) in [7, 11) is 1.67. The minimum absolute atomic E-state index is 0.148. The molecule has 104 valence electrons. The number of nitrogens with zero attached hydrogens (tertiary/aromatic N) is 2. The lowest BCUT2D eigenvalue weighted by atomic mass is 10.2. The normalized spacial score (nSPS) is 13.1. The SMILES string of the molecule is CCC(COC)n1c(CCCl)nc2c(F)cccc21. The second-order valence-corrected chi connectivity index (χ2v) is 4.84. The van der Waals surface area contributed by atoms with Crippen molar-refractivity contribution in [1.29, 1.82) is 0 Å². The van der Waals surface area contributed by atoms with Crippen molar-refractivity contribution in [3.05, 3.63) is 29.8 Å². The molecule has 19 heavy (non-hydrogen) atoms. The van der Waals surface area contributed by atoms with Gasteiger partial charge in [-0.05, 0) is 18.6 Å². The number of fused-ring (bicyclic) bond motifs is 1. The first-order valence-corrected chi connectivity index (χ1v) is 6.96. The van der Waals surface area contributed by atoms with Gasteiger partial charge < -0.3 is 9.30 Å². The molecular formula is C14H18ClFN2O. The number of aryl methyl sites for hydroxylation is 1. The molecule has 2 rings (SSSR count). The van der Waals surface area contributed by atoms with Crippen LogP contribution in [0.3, 0.4) is 0 Å². The molecule has 1 heterocycles. The van der Waals surface area contributed by atoms with Crippen LogP contribution in [-0.2, 0) is 11.2 Å². The van der Waals surface area contributed by atoms with Crippen LogP contribution < -0.4 is 0 Å². The van der Waals surface area contributed by atoms with Gasteiger partial charge in [0.05, 0.1) is 18.2 Å². The first-order valence-electron chi connectivity index (χ1n) is 6.43. The molecule has 3 nitrogen and oxygen atoms in total. The van der Waals surface area contributed by atoms with Crippen LogP contribution in [0.5, 0.6) is 0 Å². The van der Waals surface area contributed by atoms with E-state index in [-0.39, 0.29) is 11.9 Å². The highest BCUT2D eigenvalue weighted by Gasteiger charge is 2.19. The van der Waals surface area contributed by atoms with Gasteiger partial charge in [0.15, 0.2) is 5.82 Å². The first kappa shape index (κ1) is 14.3. The van der Waals surface area contributed by atoms with Crippen LogP contribution in [0.4, 0.5) is 4.39 Å². The summed E-state index contributed by atoms with van der Waals surface area (Å²) in [6.07, 6.45) is 1.51. The maximum Gasteiger partial charge on any atom is 0.151 e. The van der Waals surface area contributed by atoms with E-state index in [0.717, 1.165) is 17.8 Å². The van der Waals surface area contributed by atoms with Crippen molar-refractivity contribution in [3.8, 4) is 0 Å². The average molecular weight is 285 g/mol. The second-order valence-electron chi connectivity index (χ2n) is 4.46. The fraction of sp³-hybridized carbons (Fsp3) is 0.500. The summed E-state index contributed by atoms with van der Waals surface area (Å²) in [4.78, 5) is 4.40. The van der Waals surface area contributed by atoms with Crippen LogP contribution in [0.1, 0.15) is 25.2 Å². The summed E-state index contributed by atoms with van der Waals surface area (Å²) in [5.74, 6) is 0.993. The fourth-order valence-corrected chi connectivity index (χ4v) is 2.54. The van der Waals surface area contributed by atoms with Gasteiger partial charge in [-0.1, -0.05) is 13.0 Å². The molecule has 0 amide bonds. The number of alkyl halides is 1. The van der Waals surface area contributed by atoms with E-state index in [2.05, 4.69) is 16.5 Å². The lowest BCUT2D eigenvalue weighted by Crippen LogP contribution is -2.16. The smallest absolute Gasteiger partial charge is 0.151 e. The van der Waals surface area contributed by atoms with Crippen molar-refractivity contribution in [2.24, 2.45) is 0 Å². The standard InChI is InChI=1S/C14H18ClFN2O/c1-3-10(9-19-2)18-12-6-4-5-11(16)14(12)17-13(18)7-8-15/h4-6,10H,3,7-9H2,1-2H3. The minimum Gasteiger partial charge on any atom is -0.383 e. The largest absolute Gasteiger partial charge is 0.383 e. The van der Waals surface area contributed by atoms with E-state index in [1.807, 2.05) is 6.07 Å². The Balaban J connectivity index is 2.60. The molecule has 1 aromatic heterocycles. The number of para-hydroxylation sites is 1. The third-order valence-corrected chi connectivity index (χ3v) is 3.45. The third kappa shape index (κ3) is 2.74. The van der Waals surface area contributed by atoms with E-state index in [1.54, 1.807) is 13.2 Å². The highest BCUT2D eigenvalue weighted by atomic mass is 35.5. The Labute approximate surface area is 117 Å². The molecule has 0 fully saturated rings. The third-order valence-electron chi connectivity index (χ3n) is 3.26. The maximum absolute atomic E-state index is 13.8. The van der Waals surface area contributed by atoms with E-state index in [0.29, 0.717) is 24.4 Å². The van der Waals surface area contributed by atoms with Gasteiger partial charge in [-0.25, -0.2) is 9.37 Å². The summed E-state index contributed by atoms with van der Waals surface area (Å²) < 4.78 is 21.1. The monoisotopic (exact) mass is 284 g/mol. The number of halogens is 2. The van der Waals surface area contributed by atoms with E-state index < -0.39 is 0 Å². The van der Waals surface area contributed by atoms with Gasteiger partial charge in [-0.15, -0.1) is 11.6 Å². The quantitative estimate of drug-likeness (QED) is 0.759. The fourth-order valence-electron chi connectivity index (χ4n) is 2.37. The van der Waals surface area contributed by atoms with Crippen molar-refractivity contribution >= 4 is 22.6 Å². The van der Waals surface area contributed by atoms with E-state index in [9.17, 15) is 4.39 Å². The molecule has 0 N–H and O–H groups in total. The lowest BCUT2D eigenvalue weighted by molar-refractivity contribution is 0.153. The Hall–Kier alpha value is -1.13. The molecule has 0 aliphatic carbocycles. The number of aromatic nitrogens is 2. The number of imidazole rings is 1. The average Bonchev–Trinajstić information content (AvgIpc) is 2.76. The van der Waals surface area contributed by atoms with Crippen LogP contribution in [-0.4, -0.2) is 29.1 Å². The van der Waals surface area contributed by atoms with Gasteiger partial charge in [0.1, 0.15) is 11.3 Å². The molecule has 0 bridgehead atoms. The molecule has 1 aromatic carbocycles. The van der Waals surface area contributed by atoms with E-state index in [4.69, 9.17) is 16.3 Å². The predicted molar refractivity (Wildman–Crippen MR) is 75.3 cm³/mol. The molecule has 0 aliphatic rings. The molecule has 0 saturated carbocycles. The molecule has 0 saturated heterocycles. The van der Waals surface area contributed by atoms with Gasteiger partial charge in [-0.2, -0.15) is 0 Å². The Morgan fingerprint density at radius 2 is 2.26 bits per heavy atom. The summed E-state index contributed by atoms with van der Waals surface area (Å²) in [5.41, 5.74) is 1.22. The number of ether oxygens (including phenoxy) is 1. The predicted octanol–water partition coefficient (Wildman–Crippen LogP) is 3.55. The van der Waals surface area contributed by atoms with Crippen molar-refractivity contribution in [1.82, 2.24) is 9.55 Å². The van der Waals surface area contributed by atoms with Gasteiger partial charge in [0.2, 0.25) is 0 Å². The Bertz CT molecular complexity index is 556. The minimum atomic E-state index is -0.292. The Kier molecular flexibility index (Phi) is 4.77. The van der Waals surface area contributed by atoms with Crippen LogP contribution in [0, 0.1) is 5.82 Å². The Morgan fingerprint density at radius 1 is 1.47 bits per heavy atom. The summed E-state index contributed by atoms with van der Waals surface area (Å²) in [6.45, 7) is 2.66. The summed E-state index contributed by atoms with van der Waals surface area (Å²) in [5, 5.41) is 0. The highest BCUT2D eigenvalue weighted by Crippen LogP contribution is 2.25.